The summed E-state index contributed by atoms with van der Waals surface area (Å²) < 4.78 is 6.50. The van der Waals surface area contributed by atoms with Crippen molar-refractivity contribution in [3.05, 3.63) is 85.8 Å². The van der Waals surface area contributed by atoms with Gasteiger partial charge in [0.1, 0.15) is 5.75 Å². The maximum absolute atomic E-state index is 12.8. The lowest BCUT2D eigenvalue weighted by atomic mass is 10.1. The molecule has 0 bridgehead atoms. The topological polar surface area (TPSA) is 103 Å². The maximum Gasteiger partial charge on any atom is 0.280 e. The highest BCUT2D eigenvalue weighted by molar-refractivity contribution is 5.99. The first-order valence-electron chi connectivity index (χ1n) is 8.61. The van der Waals surface area contributed by atoms with Gasteiger partial charge < -0.3 is 4.74 Å². The van der Waals surface area contributed by atoms with Gasteiger partial charge >= 0.3 is 0 Å². The summed E-state index contributed by atoms with van der Waals surface area (Å²) >= 11 is 0. The summed E-state index contributed by atoms with van der Waals surface area (Å²) in [5.41, 5.74) is 3.04. The van der Waals surface area contributed by atoms with Crippen LogP contribution in [0.4, 0.5) is 5.69 Å². The van der Waals surface area contributed by atoms with Gasteiger partial charge in [-0.15, -0.1) is 0 Å². The monoisotopic (exact) mass is 380 g/mol. The van der Waals surface area contributed by atoms with Crippen LogP contribution in [0.5, 0.6) is 5.75 Å². The van der Waals surface area contributed by atoms with Crippen molar-refractivity contribution < 1.29 is 9.66 Å². The van der Waals surface area contributed by atoms with Crippen molar-refractivity contribution in [2.45, 2.75) is 20.4 Å². The number of aromatic nitrogens is 2. The van der Waals surface area contributed by atoms with Crippen molar-refractivity contribution in [1.29, 1.82) is 0 Å². The zero-order valence-corrected chi connectivity index (χ0v) is 15.8. The number of aromatic amines is 1. The minimum atomic E-state index is -0.478. The first-order chi connectivity index (χ1) is 13.4. The van der Waals surface area contributed by atoms with Crippen molar-refractivity contribution in [2.75, 3.05) is 7.11 Å². The molecule has 3 rings (SSSR count). The average molecular weight is 380 g/mol. The summed E-state index contributed by atoms with van der Waals surface area (Å²) in [5.74, 6) is 0.775. The van der Waals surface area contributed by atoms with Crippen LogP contribution in [-0.4, -0.2) is 27.5 Å². The minimum absolute atomic E-state index is 0.0301. The lowest BCUT2D eigenvalue weighted by molar-refractivity contribution is -0.384. The van der Waals surface area contributed by atoms with Gasteiger partial charge in [0.15, 0.2) is 0 Å². The summed E-state index contributed by atoms with van der Waals surface area (Å²) in [4.78, 5) is 27.7. The number of ether oxygens (including phenoxy) is 1. The van der Waals surface area contributed by atoms with Crippen molar-refractivity contribution in [3.63, 3.8) is 0 Å². The number of nitrogens with zero attached hydrogens (tertiary/aromatic N) is 3. The molecule has 0 aliphatic carbocycles. The van der Waals surface area contributed by atoms with E-state index < -0.39 is 4.92 Å². The van der Waals surface area contributed by atoms with E-state index in [1.165, 1.54) is 28.9 Å². The number of aliphatic imine (C=N–C) groups is 1. The number of non-ortho nitro benzene ring substituents is 1. The van der Waals surface area contributed by atoms with Crippen LogP contribution in [0.1, 0.15) is 23.7 Å². The van der Waals surface area contributed by atoms with Gasteiger partial charge in [-0.05, 0) is 43.7 Å². The van der Waals surface area contributed by atoms with E-state index in [1.54, 1.807) is 21.0 Å². The van der Waals surface area contributed by atoms with E-state index in [-0.39, 0.29) is 11.2 Å². The Morgan fingerprint density at radius 2 is 1.82 bits per heavy atom. The molecule has 0 amide bonds. The van der Waals surface area contributed by atoms with Gasteiger partial charge in [0, 0.05) is 23.5 Å². The number of H-pyrrole nitrogens is 1. The number of hydrogen-bond donors (Lipinski definition) is 1. The zero-order chi connectivity index (χ0) is 20.3. The third-order valence-electron chi connectivity index (χ3n) is 4.41. The van der Waals surface area contributed by atoms with Gasteiger partial charge in [-0.3, -0.25) is 25.0 Å². The number of nitrogens with one attached hydrogen (secondary N) is 1. The molecule has 0 spiro atoms. The molecule has 0 unspecified atom stereocenters. The third kappa shape index (κ3) is 3.85. The predicted molar refractivity (Wildman–Crippen MR) is 107 cm³/mol. The summed E-state index contributed by atoms with van der Waals surface area (Å²) in [6, 6.07) is 13.4. The van der Waals surface area contributed by atoms with E-state index >= 15 is 0 Å². The second-order valence-corrected chi connectivity index (χ2v) is 6.28. The Hall–Kier alpha value is -3.68. The molecular weight excluding hydrogens is 360 g/mol. The van der Waals surface area contributed by atoms with Crippen LogP contribution < -0.4 is 10.3 Å². The van der Waals surface area contributed by atoms with E-state index in [4.69, 9.17) is 4.74 Å². The molecule has 1 aromatic heterocycles. The molecule has 0 atom stereocenters. The van der Waals surface area contributed by atoms with Gasteiger partial charge in [-0.2, -0.15) is 0 Å². The molecule has 144 valence electrons. The Morgan fingerprint density at radius 1 is 1.18 bits per heavy atom. The maximum atomic E-state index is 12.8. The standard InChI is InChI=1S/C20H20N4O4/c1-13(21-12-15-4-10-18(28-3)11-5-15)19-14(2)22-23(20(19)25)16-6-8-17(9-7-16)24(26)27/h4-11,22H,12H2,1-3H3. The zero-order valence-electron chi connectivity index (χ0n) is 15.8. The Kier molecular flexibility index (Phi) is 5.39. The van der Waals surface area contributed by atoms with Gasteiger partial charge in [-0.25, -0.2) is 4.68 Å². The molecule has 0 aliphatic heterocycles. The van der Waals surface area contributed by atoms with Crippen LogP contribution >= 0.6 is 0 Å². The van der Waals surface area contributed by atoms with E-state index in [2.05, 4.69) is 10.1 Å². The third-order valence-corrected chi connectivity index (χ3v) is 4.41. The van der Waals surface area contributed by atoms with E-state index in [0.717, 1.165) is 11.3 Å². The summed E-state index contributed by atoms with van der Waals surface area (Å²) in [6.07, 6.45) is 0. The minimum Gasteiger partial charge on any atom is -0.497 e. The molecule has 1 N–H and O–H groups in total. The smallest absolute Gasteiger partial charge is 0.280 e. The lowest BCUT2D eigenvalue weighted by Crippen LogP contribution is -2.19. The number of methoxy groups -OCH3 is 1. The predicted octanol–water partition coefficient (Wildman–Crippen LogP) is 3.40. The normalized spacial score (nSPS) is 11.5. The van der Waals surface area contributed by atoms with Gasteiger partial charge in [0.05, 0.1) is 29.8 Å². The highest BCUT2D eigenvalue weighted by Crippen LogP contribution is 2.15. The molecule has 0 saturated heterocycles. The molecular formula is C20H20N4O4. The number of benzene rings is 2. The molecule has 2 aromatic carbocycles. The molecule has 0 fully saturated rings. The fraction of sp³-hybridized carbons (Fsp3) is 0.200. The molecule has 8 heteroatoms. The lowest BCUT2D eigenvalue weighted by Gasteiger charge is -2.02. The number of nitro benzene ring substituents is 1. The number of nitro groups is 1. The Labute approximate surface area is 161 Å². The van der Waals surface area contributed by atoms with Crippen LogP contribution in [-0.2, 0) is 6.54 Å². The fourth-order valence-electron chi connectivity index (χ4n) is 2.90. The van der Waals surface area contributed by atoms with E-state index in [0.29, 0.717) is 29.2 Å². The highest BCUT2D eigenvalue weighted by atomic mass is 16.6. The van der Waals surface area contributed by atoms with Gasteiger partial charge in [0.25, 0.3) is 11.2 Å². The average Bonchev–Trinajstić information content (AvgIpc) is 3.00. The number of aryl methyl sites for hydroxylation is 1. The van der Waals surface area contributed by atoms with Crippen LogP contribution in [0.15, 0.2) is 58.3 Å². The van der Waals surface area contributed by atoms with Crippen LogP contribution in [0.3, 0.4) is 0 Å². The molecule has 0 aliphatic rings. The SMILES string of the molecule is COc1ccc(CN=C(C)c2c(C)[nH]n(-c3ccc([N+](=O)[O-])cc3)c2=O)cc1. The number of hydrogen-bond acceptors (Lipinski definition) is 5. The quantitative estimate of drug-likeness (QED) is 0.402. The largest absolute Gasteiger partial charge is 0.497 e. The van der Waals surface area contributed by atoms with Crippen molar-refractivity contribution in [2.24, 2.45) is 4.99 Å². The second kappa shape index (κ2) is 7.91. The first kappa shape index (κ1) is 19.1. The molecule has 8 nitrogen and oxygen atoms in total. The Morgan fingerprint density at radius 3 is 2.39 bits per heavy atom. The molecule has 0 radical (unpaired) electrons. The summed E-state index contributed by atoms with van der Waals surface area (Å²) in [7, 11) is 1.61. The van der Waals surface area contributed by atoms with Crippen molar-refractivity contribution in [3.8, 4) is 11.4 Å². The Bertz CT molecular complexity index is 1080. The van der Waals surface area contributed by atoms with E-state index in [9.17, 15) is 14.9 Å². The second-order valence-electron chi connectivity index (χ2n) is 6.28. The molecule has 1 heterocycles. The molecule has 3 aromatic rings. The van der Waals surface area contributed by atoms with Gasteiger partial charge in [0.2, 0.25) is 0 Å². The Balaban J connectivity index is 1.87. The first-order valence-corrected chi connectivity index (χ1v) is 8.61. The van der Waals surface area contributed by atoms with E-state index in [1.807, 2.05) is 24.3 Å². The number of rotatable bonds is 6. The van der Waals surface area contributed by atoms with Crippen LogP contribution in [0, 0.1) is 17.0 Å². The summed E-state index contributed by atoms with van der Waals surface area (Å²) in [6.45, 7) is 4.03. The van der Waals surface area contributed by atoms with Gasteiger partial charge in [-0.1, -0.05) is 12.1 Å². The van der Waals surface area contributed by atoms with Crippen molar-refractivity contribution in [1.82, 2.24) is 9.78 Å². The molecule has 28 heavy (non-hydrogen) atoms. The fourth-order valence-corrected chi connectivity index (χ4v) is 2.90. The summed E-state index contributed by atoms with van der Waals surface area (Å²) in [5, 5.41) is 13.8. The van der Waals surface area contributed by atoms with Crippen LogP contribution in [0.25, 0.3) is 5.69 Å². The molecule has 0 saturated carbocycles. The highest BCUT2D eigenvalue weighted by Gasteiger charge is 2.15. The van der Waals surface area contributed by atoms with Crippen LogP contribution in [0.2, 0.25) is 0 Å². The van der Waals surface area contributed by atoms with Crippen molar-refractivity contribution >= 4 is 11.4 Å².